The summed E-state index contributed by atoms with van der Waals surface area (Å²) in [5.41, 5.74) is -2.44. The van der Waals surface area contributed by atoms with Crippen LogP contribution in [0.5, 0.6) is 0 Å². The minimum Gasteiger partial charge on any atom is -0.438 e. The number of hydrogen-bond donors (Lipinski definition) is 0. The van der Waals surface area contributed by atoms with Crippen molar-refractivity contribution < 1.29 is 32.3 Å². The van der Waals surface area contributed by atoms with Gasteiger partial charge in [0.05, 0.1) is 11.3 Å². The summed E-state index contributed by atoms with van der Waals surface area (Å²) in [4.78, 5) is 39.0. The molecule has 1 fully saturated rings. The predicted octanol–water partition coefficient (Wildman–Crippen LogP) is 1.67. The molecule has 1 saturated heterocycles. The van der Waals surface area contributed by atoms with Crippen molar-refractivity contribution in [2.75, 3.05) is 7.11 Å². The van der Waals surface area contributed by atoms with Crippen molar-refractivity contribution in [2.24, 2.45) is 5.41 Å². The lowest BCUT2D eigenvalue weighted by atomic mass is 9.85. The third-order valence-electron chi connectivity index (χ3n) is 4.97. The normalized spacial score (nSPS) is 25.9. The number of hydrogen-bond acceptors (Lipinski definition) is 7. The summed E-state index contributed by atoms with van der Waals surface area (Å²) in [5, 5.41) is -1.42. The zero-order valence-corrected chi connectivity index (χ0v) is 17.6. The van der Waals surface area contributed by atoms with E-state index < -0.39 is 49.8 Å². The number of allylic oxidation sites excluding steroid dienone is 1. The number of benzene rings is 1. The summed E-state index contributed by atoms with van der Waals surface area (Å²) in [6.07, 6.45) is -1.26. The zero-order valence-electron chi connectivity index (χ0n) is 16.8. The molecule has 1 aromatic carbocycles. The number of nitrogens with zero attached hydrogens (tertiary/aromatic N) is 1. The molecule has 2 aliphatic rings. The Morgan fingerprint density at radius 1 is 1.10 bits per heavy atom. The fraction of sp³-hybridized carbons (Fsp3) is 0.450. The van der Waals surface area contributed by atoms with Gasteiger partial charge in [0, 0.05) is 18.1 Å². The van der Waals surface area contributed by atoms with Crippen LogP contribution in [-0.2, 0) is 28.9 Å². The Bertz CT molecular complexity index is 1010. The first-order valence-electron chi connectivity index (χ1n) is 9.03. The zero-order chi connectivity index (χ0) is 21.7. The maximum Gasteiger partial charge on any atom is 0.339 e. The van der Waals surface area contributed by atoms with Crippen molar-refractivity contribution in [2.45, 2.75) is 44.6 Å². The molecule has 29 heavy (non-hydrogen) atoms. The number of sulfone groups is 1. The van der Waals surface area contributed by atoms with E-state index in [1.165, 1.54) is 26.2 Å². The van der Waals surface area contributed by atoms with E-state index in [0.29, 0.717) is 0 Å². The number of rotatable bonds is 4. The highest BCUT2D eigenvalue weighted by atomic mass is 32.2. The lowest BCUT2D eigenvalue weighted by Gasteiger charge is -2.50. The van der Waals surface area contributed by atoms with Gasteiger partial charge in [-0.15, -0.1) is 0 Å². The van der Waals surface area contributed by atoms with Gasteiger partial charge in [0.15, 0.2) is 17.3 Å². The number of Topliss-reactive ketones (excluding diaryl/α,β-unsaturated/α-hetero) is 1. The second-order valence-electron chi connectivity index (χ2n) is 8.06. The molecule has 2 heterocycles. The molecule has 0 aliphatic carbocycles. The Labute approximate surface area is 169 Å². The van der Waals surface area contributed by atoms with Crippen molar-refractivity contribution in [1.29, 1.82) is 0 Å². The van der Waals surface area contributed by atoms with Crippen molar-refractivity contribution in [3.63, 3.8) is 0 Å². The monoisotopic (exact) mass is 421 g/mol. The molecule has 0 bridgehead atoms. The quantitative estimate of drug-likeness (QED) is 0.538. The molecular weight excluding hydrogens is 398 g/mol. The number of amides is 1. The molecule has 0 spiro atoms. The molecule has 1 aromatic rings. The van der Waals surface area contributed by atoms with Crippen LogP contribution in [0.3, 0.4) is 0 Å². The van der Waals surface area contributed by atoms with Gasteiger partial charge in [-0.25, -0.2) is 13.2 Å². The highest BCUT2D eigenvalue weighted by Gasteiger charge is 2.64. The average Bonchev–Trinajstić information content (AvgIpc) is 2.65. The molecule has 3 rings (SSSR count). The number of ether oxygens (including phenoxy) is 2. The number of methoxy groups -OCH3 is 1. The van der Waals surface area contributed by atoms with Gasteiger partial charge in [-0.1, -0.05) is 39.0 Å². The Hall–Kier alpha value is -2.52. The fourth-order valence-electron chi connectivity index (χ4n) is 3.42. The van der Waals surface area contributed by atoms with Gasteiger partial charge in [0.25, 0.3) is 5.91 Å². The van der Waals surface area contributed by atoms with Gasteiger partial charge in [-0.05, 0) is 19.1 Å². The van der Waals surface area contributed by atoms with Crippen LogP contribution in [0.2, 0.25) is 0 Å². The molecule has 156 valence electrons. The van der Waals surface area contributed by atoms with E-state index in [4.69, 9.17) is 9.47 Å². The minimum atomic E-state index is -4.20. The molecule has 9 heteroatoms. The van der Waals surface area contributed by atoms with E-state index >= 15 is 0 Å². The van der Waals surface area contributed by atoms with Crippen molar-refractivity contribution in [1.82, 2.24) is 4.90 Å². The Kier molecular flexibility index (Phi) is 5.17. The molecule has 8 nitrogen and oxygen atoms in total. The molecule has 0 radical (unpaired) electrons. The first kappa shape index (κ1) is 21.2. The molecule has 0 saturated carbocycles. The summed E-state index contributed by atoms with van der Waals surface area (Å²) in [7, 11) is -2.98. The standard InChI is InChI=1S/C20H23NO7S/c1-11-13(15(22)20(2,3)4)21-16(23)14(27-5)17(21)29(25,26)19(11)28-18(24)12-9-7-6-8-10-12/h6-10,14,17,19H,1-5H3/t14-,17+,19-/m0/s1. The van der Waals surface area contributed by atoms with Crippen LogP contribution in [0.1, 0.15) is 38.1 Å². The lowest BCUT2D eigenvalue weighted by Crippen LogP contribution is -2.72. The first-order valence-corrected chi connectivity index (χ1v) is 10.6. The summed E-state index contributed by atoms with van der Waals surface area (Å²) in [6, 6.07) is 7.94. The third kappa shape index (κ3) is 3.28. The van der Waals surface area contributed by atoms with Gasteiger partial charge in [-0.2, -0.15) is 0 Å². The van der Waals surface area contributed by atoms with E-state index in [9.17, 15) is 22.8 Å². The third-order valence-corrected chi connectivity index (χ3v) is 7.15. The topological polar surface area (TPSA) is 107 Å². The minimum absolute atomic E-state index is 0.00774. The SMILES string of the molecule is CO[C@H]1C(=O)N2C(C(=O)C(C)(C)C)=C(C)[C@@H](OC(=O)c3ccccc3)S(=O)(=O)[C@H]12. The molecule has 0 unspecified atom stereocenters. The summed E-state index contributed by atoms with van der Waals surface area (Å²) >= 11 is 0. The van der Waals surface area contributed by atoms with Gasteiger partial charge >= 0.3 is 5.97 Å². The maximum absolute atomic E-state index is 13.2. The van der Waals surface area contributed by atoms with E-state index in [1.54, 1.807) is 39.0 Å². The van der Waals surface area contributed by atoms with Crippen molar-refractivity contribution in [3.05, 3.63) is 47.2 Å². The molecule has 2 aliphatic heterocycles. The largest absolute Gasteiger partial charge is 0.438 e. The van der Waals surface area contributed by atoms with E-state index in [2.05, 4.69) is 0 Å². The molecule has 3 atom stereocenters. The Balaban J connectivity index is 2.12. The summed E-state index contributed by atoms with van der Waals surface area (Å²) in [5.74, 6) is -1.87. The van der Waals surface area contributed by atoms with Crippen LogP contribution in [0.15, 0.2) is 41.6 Å². The van der Waals surface area contributed by atoms with E-state index in [1.807, 2.05) is 0 Å². The van der Waals surface area contributed by atoms with Gasteiger partial charge in [0.1, 0.15) is 0 Å². The summed E-state index contributed by atoms with van der Waals surface area (Å²) < 4.78 is 36.8. The number of carbonyl (C=O) groups is 3. The molecular formula is C20H23NO7S. The lowest BCUT2D eigenvalue weighted by molar-refractivity contribution is -0.161. The number of esters is 1. The number of carbonyl (C=O) groups excluding carboxylic acids is 3. The fourth-order valence-corrected chi connectivity index (χ4v) is 5.58. The Morgan fingerprint density at radius 2 is 1.69 bits per heavy atom. The molecule has 0 aromatic heterocycles. The van der Waals surface area contributed by atoms with Crippen LogP contribution >= 0.6 is 0 Å². The summed E-state index contributed by atoms with van der Waals surface area (Å²) in [6.45, 7) is 6.38. The van der Waals surface area contributed by atoms with Gasteiger partial charge in [0.2, 0.25) is 15.3 Å². The smallest absolute Gasteiger partial charge is 0.339 e. The second-order valence-corrected chi connectivity index (χ2v) is 10.1. The van der Waals surface area contributed by atoms with Crippen LogP contribution in [0.25, 0.3) is 0 Å². The highest BCUT2D eigenvalue weighted by Crippen LogP contribution is 2.43. The van der Waals surface area contributed by atoms with Crippen LogP contribution in [0.4, 0.5) is 0 Å². The van der Waals surface area contributed by atoms with E-state index in [0.717, 1.165) is 4.90 Å². The van der Waals surface area contributed by atoms with Crippen LogP contribution in [0, 0.1) is 5.41 Å². The number of ketones is 1. The number of β-lactam (4-membered cyclic amide) rings is 1. The maximum atomic E-state index is 13.2. The average molecular weight is 421 g/mol. The predicted molar refractivity (Wildman–Crippen MR) is 103 cm³/mol. The second kappa shape index (κ2) is 7.07. The van der Waals surface area contributed by atoms with Gasteiger partial charge < -0.3 is 9.47 Å². The van der Waals surface area contributed by atoms with Crippen LogP contribution < -0.4 is 0 Å². The van der Waals surface area contributed by atoms with Crippen molar-refractivity contribution in [3.8, 4) is 0 Å². The Morgan fingerprint density at radius 3 is 2.21 bits per heavy atom. The van der Waals surface area contributed by atoms with Gasteiger partial charge in [-0.3, -0.25) is 14.5 Å². The molecule has 0 N–H and O–H groups in total. The van der Waals surface area contributed by atoms with Crippen LogP contribution in [-0.4, -0.2) is 55.0 Å². The number of fused-ring (bicyclic) bond motifs is 1. The molecule has 1 amide bonds. The van der Waals surface area contributed by atoms with E-state index in [-0.39, 0.29) is 16.8 Å². The van der Waals surface area contributed by atoms with Crippen molar-refractivity contribution >= 4 is 27.5 Å². The first-order chi connectivity index (χ1) is 13.4. The highest BCUT2D eigenvalue weighted by molar-refractivity contribution is 7.93.